The molecule has 2 aromatic heterocycles. The van der Waals surface area contributed by atoms with Gasteiger partial charge in [-0.25, -0.2) is 9.97 Å². The lowest BCUT2D eigenvalue weighted by Crippen LogP contribution is -2.31. The molecule has 3 rings (SSSR count). The first kappa shape index (κ1) is 13.4. The Hall–Kier alpha value is -1.62. The van der Waals surface area contributed by atoms with E-state index in [4.69, 9.17) is 11.6 Å². The average Bonchev–Trinajstić information content (AvgIpc) is 3.06. The summed E-state index contributed by atoms with van der Waals surface area (Å²) in [6.07, 6.45) is 3.89. The number of amides is 1. The van der Waals surface area contributed by atoms with Crippen LogP contribution in [0.5, 0.6) is 0 Å². The van der Waals surface area contributed by atoms with Gasteiger partial charge in [0.1, 0.15) is 17.9 Å². The molecule has 0 aliphatic carbocycles. The minimum absolute atomic E-state index is 0.117. The molecule has 1 aliphatic rings. The quantitative estimate of drug-likeness (QED) is 0.816. The van der Waals surface area contributed by atoms with Gasteiger partial charge < -0.3 is 9.47 Å². The van der Waals surface area contributed by atoms with Crippen molar-refractivity contribution in [3.63, 3.8) is 0 Å². The molecule has 1 aliphatic heterocycles. The molecule has 1 amide bonds. The van der Waals surface area contributed by atoms with Crippen LogP contribution >= 0.6 is 11.6 Å². The zero-order chi connectivity index (χ0) is 14.1. The number of hydrogen-bond donors (Lipinski definition) is 0. The van der Waals surface area contributed by atoms with Crippen molar-refractivity contribution in [2.24, 2.45) is 0 Å². The summed E-state index contributed by atoms with van der Waals surface area (Å²) in [4.78, 5) is 23.1. The van der Waals surface area contributed by atoms with Crippen LogP contribution < -0.4 is 0 Å². The number of likely N-dealkylation sites (tertiary alicyclic amines) is 1. The summed E-state index contributed by atoms with van der Waals surface area (Å²) in [5.41, 5.74) is 1.51. The van der Waals surface area contributed by atoms with Crippen molar-refractivity contribution in [3.8, 4) is 0 Å². The number of rotatable bonds is 3. The standard InChI is InChI=1S/C14H17ClN4O/c1-10(15)13-17-11-5-4-6-16-14(11)19(13)9-12(20)18-7-2-3-8-18/h4-6,10H,2-3,7-9H2,1H3. The molecule has 1 unspecified atom stereocenters. The summed E-state index contributed by atoms with van der Waals surface area (Å²) >= 11 is 6.19. The minimum atomic E-state index is -0.254. The summed E-state index contributed by atoms with van der Waals surface area (Å²) in [5, 5.41) is -0.254. The maximum Gasteiger partial charge on any atom is 0.242 e. The number of nitrogens with zero attached hydrogens (tertiary/aromatic N) is 4. The van der Waals surface area contributed by atoms with Gasteiger partial charge in [0.05, 0.1) is 5.38 Å². The fraction of sp³-hybridized carbons (Fsp3) is 0.500. The topological polar surface area (TPSA) is 51.0 Å². The Morgan fingerprint density at radius 3 is 2.90 bits per heavy atom. The number of carbonyl (C=O) groups excluding carboxylic acids is 1. The van der Waals surface area contributed by atoms with E-state index in [1.54, 1.807) is 6.20 Å². The van der Waals surface area contributed by atoms with Crippen molar-refractivity contribution >= 4 is 28.7 Å². The predicted octanol–water partition coefficient (Wildman–Crippen LogP) is 2.35. The van der Waals surface area contributed by atoms with E-state index in [9.17, 15) is 4.79 Å². The molecule has 0 N–H and O–H groups in total. The highest BCUT2D eigenvalue weighted by Gasteiger charge is 2.22. The number of pyridine rings is 1. The number of fused-ring (bicyclic) bond motifs is 1. The monoisotopic (exact) mass is 292 g/mol. The lowest BCUT2D eigenvalue weighted by atomic mass is 10.4. The number of hydrogen-bond acceptors (Lipinski definition) is 3. The third-order valence-electron chi connectivity index (χ3n) is 3.64. The van der Waals surface area contributed by atoms with Gasteiger partial charge in [-0.3, -0.25) is 4.79 Å². The summed E-state index contributed by atoms with van der Waals surface area (Å²) < 4.78 is 1.84. The van der Waals surface area contributed by atoms with E-state index in [0.29, 0.717) is 5.82 Å². The third-order valence-corrected chi connectivity index (χ3v) is 3.84. The van der Waals surface area contributed by atoms with Crippen LogP contribution in [0, 0.1) is 0 Å². The first-order valence-electron chi connectivity index (χ1n) is 6.90. The van der Waals surface area contributed by atoms with Gasteiger partial charge in [-0.05, 0) is 31.9 Å². The second kappa shape index (κ2) is 5.40. The highest BCUT2D eigenvalue weighted by atomic mass is 35.5. The van der Waals surface area contributed by atoms with Gasteiger partial charge in [0.25, 0.3) is 0 Å². The number of imidazole rings is 1. The SMILES string of the molecule is CC(Cl)c1nc2cccnc2n1CC(=O)N1CCCC1. The maximum atomic E-state index is 12.3. The molecule has 5 nitrogen and oxygen atoms in total. The highest BCUT2D eigenvalue weighted by Crippen LogP contribution is 2.23. The van der Waals surface area contributed by atoms with E-state index in [1.807, 2.05) is 28.5 Å². The highest BCUT2D eigenvalue weighted by molar-refractivity contribution is 6.20. The molecular weight excluding hydrogens is 276 g/mol. The molecule has 1 atom stereocenters. The lowest BCUT2D eigenvalue weighted by molar-refractivity contribution is -0.130. The Kier molecular flexibility index (Phi) is 3.61. The smallest absolute Gasteiger partial charge is 0.242 e. The fourth-order valence-electron chi connectivity index (χ4n) is 2.64. The summed E-state index contributed by atoms with van der Waals surface area (Å²) in [7, 11) is 0. The Morgan fingerprint density at radius 1 is 1.45 bits per heavy atom. The van der Waals surface area contributed by atoms with E-state index in [0.717, 1.165) is 37.1 Å². The Morgan fingerprint density at radius 2 is 2.20 bits per heavy atom. The largest absolute Gasteiger partial charge is 0.341 e. The van der Waals surface area contributed by atoms with Crippen LogP contribution in [0.25, 0.3) is 11.2 Å². The van der Waals surface area contributed by atoms with Gasteiger partial charge in [0.2, 0.25) is 5.91 Å². The predicted molar refractivity (Wildman–Crippen MR) is 77.6 cm³/mol. The van der Waals surface area contributed by atoms with Gasteiger partial charge in [-0.15, -0.1) is 11.6 Å². The first-order valence-corrected chi connectivity index (χ1v) is 7.33. The number of alkyl halides is 1. The van der Waals surface area contributed by atoms with Crippen LogP contribution in [0.2, 0.25) is 0 Å². The van der Waals surface area contributed by atoms with Crippen LogP contribution in [0.1, 0.15) is 31.0 Å². The van der Waals surface area contributed by atoms with E-state index < -0.39 is 0 Å². The van der Waals surface area contributed by atoms with Crippen molar-refractivity contribution in [1.82, 2.24) is 19.4 Å². The van der Waals surface area contributed by atoms with Crippen LogP contribution in [0.15, 0.2) is 18.3 Å². The molecule has 1 fully saturated rings. The van der Waals surface area contributed by atoms with Gasteiger partial charge >= 0.3 is 0 Å². The molecule has 3 heterocycles. The summed E-state index contributed by atoms with van der Waals surface area (Å²) in [6.45, 7) is 3.83. The minimum Gasteiger partial charge on any atom is -0.341 e. The number of carbonyl (C=O) groups is 1. The van der Waals surface area contributed by atoms with Gasteiger partial charge in [-0.1, -0.05) is 0 Å². The second-order valence-corrected chi connectivity index (χ2v) is 5.76. The number of aromatic nitrogens is 3. The van der Waals surface area contributed by atoms with Crippen molar-refractivity contribution in [1.29, 1.82) is 0 Å². The van der Waals surface area contributed by atoms with Gasteiger partial charge in [-0.2, -0.15) is 0 Å². The van der Waals surface area contributed by atoms with Gasteiger partial charge in [0.15, 0.2) is 5.65 Å². The molecular formula is C14H17ClN4O. The Bertz CT molecular complexity index is 631. The summed E-state index contributed by atoms with van der Waals surface area (Å²) in [6, 6.07) is 3.73. The molecule has 1 saturated heterocycles. The van der Waals surface area contributed by atoms with E-state index in [-0.39, 0.29) is 17.8 Å². The maximum absolute atomic E-state index is 12.3. The van der Waals surface area contributed by atoms with Crippen LogP contribution in [-0.4, -0.2) is 38.4 Å². The van der Waals surface area contributed by atoms with E-state index in [2.05, 4.69) is 9.97 Å². The molecule has 0 aromatic carbocycles. The second-order valence-electron chi connectivity index (χ2n) is 5.11. The molecule has 0 saturated carbocycles. The Labute approximate surface area is 122 Å². The van der Waals surface area contributed by atoms with Crippen molar-refractivity contribution in [3.05, 3.63) is 24.2 Å². The van der Waals surface area contributed by atoms with E-state index in [1.165, 1.54) is 0 Å². The normalized spacial score (nSPS) is 16.8. The zero-order valence-corrected chi connectivity index (χ0v) is 12.2. The molecule has 0 spiro atoms. The zero-order valence-electron chi connectivity index (χ0n) is 11.4. The Balaban J connectivity index is 1.96. The summed E-state index contributed by atoms with van der Waals surface area (Å²) in [5.74, 6) is 0.818. The lowest BCUT2D eigenvalue weighted by Gasteiger charge is -2.17. The van der Waals surface area contributed by atoms with Crippen LogP contribution in [0.4, 0.5) is 0 Å². The van der Waals surface area contributed by atoms with E-state index >= 15 is 0 Å². The van der Waals surface area contributed by atoms with Crippen molar-refractivity contribution < 1.29 is 4.79 Å². The van der Waals surface area contributed by atoms with Crippen molar-refractivity contribution in [2.75, 3.05) is 13.1 Å². The molecule has 106 valence electrons. The van der Waals surface area contributed by atoms with Crippen molar-refractivity contribution in [2.45, 2.75) is 31.7 Å². The molecule has 6 heteroatoms. The average molecular weight is 293 g/mol. The van der Waals surface area contributed by atoms with Crippen LogP contribution in [-0.2, 0) is 11.3 Å². The molecule has 0 bridgehead atoms. The molecule has 2 aromatic rings. The fourth-order valence-corrected chi connectivity index (χ4v) is 2.80. The third kappa shape index (κ3) is 2.38. The molecule has 20 heavy (non-hydrogen) atoms. The van der Waals surface area contributed by atoms with Crippen LogP contribution in [0.3, 0.4) is 0 Å². The number of halogens is 1. The first-order chi connectivity index (χ1) is 9.66. The molecule has 0 radical (unpaired) electrons. The van der Waals surface area contributed by atoms with Gasteiger partial charge in [0, 0.05) is 19.3 Å².